The largest absolute Gasteiger partial charge is 3.00 e. The topological polar surface area (TPSA) is 67.0 Å². The van der Waals surface area contributed by atoms with Crippen LogP contribution in [0.25, 0.3) is 12.3 Å². The van der Waals surface area contributed by atoms with E-state index < -0.39 is 0 Å². The van der Waals surface area contributed by atoms with Crippen LogP contribution in [0.3, 0.4) is 0 Å². The van der Waals surface area contributed by atoms with E-state index in [-0.39, 0.29) is 29.4 Å². The molecule has 0 rings (SSSR count). The fourth-order valence-electron chi connectivity index (χ4n) is 0. The molecule has 0 bridgehead atoms. The van der Waals surface area contributed by atoms with Gasteiger partial charge in [-0.25, -0.2) is 19.6 Å². The van der Waals surface area contributed by atoms with E-state index in [2.05, 4.69) is 13.5 Å². The minimum Gasteiger partial charge on any atom is -0.693 e. The zero-order valence-corrected chi connectivity index (χ0v) is 4.70. The first-order chi connectivity index (χ1) is 1.41. The fourth-order valence-corrected chi connectivity index (χ4v) is 0. The van der Waals surface area contributed by atoms with Crippen molar-refractivity contribution in [2.75, 3.05) is 0 Å². The predicted molar refractivity (Wildman–Crippen MR) is 26.1 cm³/mol. The summed E-state index contributed by atoms with van der Waals surface area (Å²) in [6, 6.07) is 0. The Morgan fingerprint density at radius 2 is 1.33 bits per heavy atom. The van der Waals surface area contributed by atoms with Crippen molar-refractivity contribution in [2.45, 2.75) is 0 Å². The van der Waals surface area contributed by atoms with Crippen molar-refractivity contribution in [3.05, 3.63) is 31.9 Å². The summed E-state index contributed by atoms with van der Waals surface area (Å²) in [6.45, 7) is 6.50. The summed E-state index contributed by atoms with van der Waals surface area (Å²) >= 11 is 0. The van der Waals surface area contributed by atoms with Crippen LogP contribution < -0.4 is 0 Å². The van der Waals surface area contributed by atoms with Crippen molar-refractivity contribution in [3.8, 4) is 0 Å². The van der Waals surface area contributed by atoms with E-state index in [1.54, 1.807) is 0 Å². The van der Waals surface area contributed by atoms with Gasteiger partial charge in [-0.2, -0.15) is 0 Å². The van der Waals surface area contributed by atoms with E-state index in [0.29, 0.717) is 0 Å². The van der Waals surface area contributed by atoms with Crippen molar-refractivity contribution in [1.29, 1.82) is 0 Å². The fraction of sp³-hybridized carbons (Fsp3) is 0. The van der Waals surface area contributed by atoms with Gasteiger partial charge in [0, 0.05) is 0 Å². The first-order valence-electron chi connectivity index (χ1n) is 0.816. The van der Waals surface area contributed by atoms with Crippen LogP contribution >= 0.6 is 0 Å². The van der Waals surface area contributed by atoms with Crippen molar-refractivity contribution < 1.29 is 17.1 Å². The Hall–Kier alpha value is 0.0495. The number of nitrogens with two attached hydrogens (primary N) is 2. The van der Waals surface area contributed by atoms with Crippen LogP contribution in [0.15, 0.2) is 12.7 Å². The average molecular weight is 128 g/mol. The summed E-state index contributed by atoms with van der Waals surface area (Å²) in [5, 5.41) is 0. The van der Waals surface area contributed by atoms with Crippen molar-refractivity contribution >= 4 is 0 Å². The monoisotopic (exact) mass is 128 g/mol. The molecule has 2 nitrogen and oxygen atoms in total. The summed E-state index contributed by atoms with van der Waals surface area (Å²) in [5.41, 5.74) is 0. The minimum atomic E-state index is 0. The van der Waals surface area contributed by atoms with Crippen LogP contribution in [0.5, 0.6) is 0 Å². The van der Waals surface area contributed by atoms with Gasteiger partial charge >= 0.3 is 17.1 Å². The number of rotatable bonds is 0. The molecule has 0 aromatic rings. The van der Waals surface area contributed by atoms with Gasteiger partial charge in [0.2, 0.25) is 0 Å². The maximum absolute atomic E-state index is 3.25. The Kier molecular flexibility index (Phi) is 460. The van der Waals surface area contributed by atoms with E-state index in [9.17, 15) is 0 Å². The third-order valence-corrected chi connectivity index (χ3v) is 0. The molecule has 0 aliphatic rings. The number of allylic oxidation sites excluding steroid dienone is 1. The standard InChI is InChI=1S/C3H5.Mn.2H2N/c1-3-2;;;/h3H,1-2H2;;2*1H2/q-1;+3;2*-1. The van der Waals surface area contributed by atoms with Gasteiger partial charge in [0.05, 0.1) is 0 Å². The maximum atomic E-state index is 3.25. The molecular formula is C3H9MnN2. The second-order valence-electron chi connectivity index (χ2n) is 0.289. The SMILES string of the molecule is C=C[CH2-].[Mn+3].[NH2-].[NH2-]. The molecule has 6 heavy (non-hydrogen) atoms. The van der Waals surface area contributed by atoms with E-state index in [1.165, 1.54) is 6.08 Å². The molecule has 0 aromatic heterocycles. The molecule has 0 spiro atoms. The first kappa shape index (κ1) is 36.7. The quantitative estimate of drug-likeness (QED) is 0.355. The Bertz CT molecular complexity index is 16.3. The van der Waals surface area contributed by atoms with Gasteiger partial charge < -0.3 is 12.3 Å². The van der Waals surface area contributed by atoms with Crippen molar-refractivity contribution in [3.63, 3.8) is 0 Å². The summed E-state index contributed by atoms with van der Waals surface area (Å²) in [7, 11) is 0. The second kappa shape index (κ2) is 75.2. The third-order valence-electron chi connectivity index (χ3n) is 0. The zero-order valence-electron chi connectivity index (χ0n) is 3.52. The molecule has 0 saturated carbocycles. The molecule has 0 fully saturated rings. The van der Waals surface area contributed by atoms with Crippen LogP contribution in [0.2, 0.25) is 0 Å². The van der Waals surface area contributed by atoms with Crippen LogP contribution in [-0.4, -0.2) is 0 Å². The molecule has 0 heterocycles. The predicted octanol–water partition coefficient (Wildman–Crippen LogP) is 2.44. The van der Waals surface area contributed by atoms with Crippen LogP contribution in [0, 0.1) is 6.92 Å². The van der Waals surface area contributed by atoms with Crippen LogP contribution in [-0.2, 0) is 17.1 Å². The molecule has 0 unspecified atom stereocenters. The molecule has 0 saturated heterocycles. The maximum Gasteiger partial charge on any atom is 3.00 e. The zero-order chi connectivity index (χ0) is 2.71. The average Bonchev–Trinajstić information content (AvgIpc) is 0.918. The molecular weight excluding hydrogens is 119 g/mol. The van der Waals surface area contributed by atoms with E-state index in [0.717, 1.165) is 0 Å². The van der Waals surface area contributed by atoms with Gasteiger partial charge in [0.15, 0.2) is 0 Å². The van der Waals surface area contributed by atoms with Gasteiger partial charge in [0.1, 0.15) is 0 Å². The van der Waals surface area contributed by atoms with Crippen LogP contribution in [0.1, 0.15) is 0 Å². The van der Waals surface area contributed by atoms with Gasteiger partial charge in [-0.05, 0) is 0 Å². The van der Waals surface area contributed by atoms with Crippen LogP contribution in [0.4, 0.5) is 0 Å². The Morgan fingerprint density at radius 3 is 1.33 bits per heavy atom. The summed E-state index contributed by atoms with van der Waals surface area (Å²) in [4.78, 5) is 0. The minimum absolute atomic E-state index is 0. The molecule has 0 aromatic carbocycles. The number of hydrogen-bond donors (Lipinski definition) is 0. The smallest absolute Gasteiger partial charge is 0.693 e. The Balaban J connectivity index is -0.00000000667. The number of hydrogen-bond acceptors (Lipinski definition) is 0. The van der Waals surface area contributed by atoms with Gasteiger partial charge in [-0.15, -0.1) is 0 Å². The molecule has 0 radical (unpaired) electrons. The molecule has 0 aliphatic heterocycles. The molecule has 0 atom stereocenters. The normalized spacial score (nSPS) is 2.00. The van der Waals surface area contributed by atoms with Crippen molar-refractivity contribution in [1.82, 2.24) is 0 Å². The third kappa shape index (κ3) is 15400. The molecule has 3 heteroatoms. The summed E-state index contributed by atoms with van der Waals surface area (Å²) < 4.78 is 0. The van der Waals surface area contributed by atoms with Gasteiger partial charge in [0.25, 0.3) is 0 Å². The summed E-state index contributed by atoms with van der Waals surface area (Å²) in [6.07, 6.45) is 1.50. The van der Waals surface area contributed by atoms with Gasteiger partial charge in [-0.3, -0.25) is 0 Å². The second-order valence-corrected chi connectivity index (χ2v) is 0.289. The molecule has 0 aliphatic carbocycles. The van der Waals surface area contributed by atoms with E-state index >= 15 is 0 Å². The molecule has 4 N–H and O–H groups in total. The first-order valence-corrected chi connectivity index (χ1v) is 0.816. The summed E-state index contributed by atoms with van der Waals surface area (Å²) in [5.74, 6) is 0. The Morgan fingerprint density at radius 1 is 1.33 bits per heavy atom. The Labute approximate surface area is 49.6 Å². The van der Waals surface area contributed by atoms with E-state index in [4.69, 9.17) is 0 Å². The molecule has 38 valence electrons. The van der Waals surface area contributed by atoms with Crippen molar-refractivity contribution in [2.24, 2.45) is 0 Å². The molecule has 0 amide bonds. The van der Waals surface area contributed by atoms with Gasteiger partial charge in [-0.1, -0.05) is 0 Å². The van der Waals surface area contributed by atoms with E-state index in [1.807, 2.05) is 0 Å².